The predicted octanol–water partition coefficient (Wildman–Crippen LogP) is 0.329. The van der Waals surface area contributed by atoms with E-state index in [4.69, 9.17) is 0 Å². The Hall–Kier alpha value is -1.85. The van der Waals surface area contributed by atoms with Gasteiger partial charge in [0.1, 0.15) is 18.0 Å². The lowest BCUT2D eigenvalue weighted by Crippen LogP contribution is -2.46. The minimum absolute atomic E-state index is 0.597. The summed E-state index contributed by atoms with van der Waals surface area (Å²) >= 11 is 0. The summed E-state index contributed by atoms with van der Waals surface area (Å²) < 4.78 is 0. The number of hydrogen-bond acceptors (Lipinski definition) is 5. The van der Waals surface area contributed by atoms with Crippen LogP contribution in [0.25, 0.3) is 0 Å². The molecule has 1 amide bonds. The number of aromatic nitrogens is 2. The molecule has 18 heavy (non-hydrogen) atoms. The van der Waals surface area contributed by atoms with E-state index >= 15 is 0 Å². The zero-order valence-electron chi connectivity index (χ0n) is 10.2. The molecule has 2 fully saturated rings. The third-order valence-electron chi connectivity index (χ3n) is 3.37. The van der Waals surface area contributed by atoms with E-state index in [0.29, 0.717) is 6.04 Å². The molecule has 2 heterocycles. The molecule has 6 heteroatoms. The van der Waals surface area contributed by atoms with Gasteiger partial charge in [0.2, 0.25) is 6.41 Å². The van der Waals surface area contributed by atoms with Crippen LogP contribution in [0, 0.1) is 0 Å². The fraction of sp³-hybridized carbons (Fsp3) is 0.583. The molecule has 96 valence electrons. The van der Waals surface area contributed by atoms with Gasteiger partial charge in [-0.25, -0.2) is 9.97 Å². The van der Waals surface area contributed by atoms with Crippen molar-refractivity contribution >= 4 is 18.0 Å². The third-order valence-corrected chi connectivity index (χ3v) is 3.37. The average Bonchev–Trinajstić information content (AvgIpc) is 3.23. The first-order chi connectivity index (χ1) is 8.85. The summed E-state index contributed by atoms with van der Waals surface area (Å²) in [6, 6.07) is 2.59. The number of anilines is 2. The first-order valence-electron chi connectivity index (χ1n) is 6.38. The number of rotatable bonds is 4. The van der Waals surface area contributed by atoms with Gasteiger partial charge in [-0.1, -0.05) is 0 Å². The highest BCUT2D eigenvalue weighted by Crippen LogP contribution is 2.25. The van der Waals surface area contributed by atoms with E-state index in [9.17, 15) is 4.79 Å². The van der Waals surface area contributed by atoms with Crippen molar-refractivity contribution in [3.63, 3.8) is 0 Å². The summed E-state index contributed by atoms with van der Waals surface area (Å²) in [6.07, 6.45) is 4.98. The Morgan fingerprint density at radius 1 is 1.22 bits per heavy atom. The molecule has 0 aromatic carbocycles. The number of nitrogens with zero attached hydrogens (tertiary/aromatic N) is 4. The van der Waals surface area contributed by atoms with Gasteiger partial charge in [-0.2, -0.15) is 0 Å². The summed E-state index contributed by atoms with van der Waals surface area (Å²) in [5, 5.41) is 3.37. The van der Waals surface area contributed by atoms with E-state index in [2.05, 4.69) is 20.2 Å². The standard InChI is InChI=1S/C12H17N5O/c18-9-16-3-5-17(6-4-16)12-7-11(13-8-14-12)15-10-1-2-10/h7-10H,1-6H2,(H,13,14,15). The Balaban J connectivity index is 1.66. The van der Waals surface area contributed by atoms with Crippen LogP contribution < -0.4 is 10.2 Å². The van der Waals surface area contributed by atoms with Gasteiger partial charge in [0.05, 0.1) is 0 Å². The largest absolute Gasteiger partial charge is 0.367 e. The van der Waals surface area contributed by atoms with Gasteiger partial charge in [0.15, 0.2) is 0 Å². The van der Waals surface area contributed by atoms with Crippen molar-refractivity contribution in [1.29, 1.82) is 0 Å². The molecule has 1 N–H and O–H groups in total. The highest BCUT2D eigenvalue weighted by atomic mass is 16.1. The van der Waals surface area contributed by atoms with Crippen LogP contribution in [0.5, 0.6) is 0 Å². The molecular weight excluding hydrogens is 230 g/mol. The lowest BCUT2D eigenvalue weighted by Gasteiger charge is -2.33. The second kappa shape index (κ2) is 4.80. The summed E-state index contributed by atoms with van der Waals surface area (Å²) in [7, 11) is 0. The fourth-order valence-corrected chi connectivity index (χ4v) is 2.09. The Kier molecular flexibility index (Phi) is 3.00. The molecule has 1 aliphatic carbocycles. The van der Waals surface area contributed by atoms with Crippen molar-refractivity contribution in [2.24, 2.45) is 0 Å². The maximum atomic E-state index is 10.7. The Bertz CT molecular complexity index is 426. The van der Waals surface area contributed by atoms with Crippen molar-refractivity contribution in [3.05, 3.63) is 12.4 Å². The maximum Gasteiger partial charge on any atom is 0.209 e. The van der Waals surface area contributed by atoms with Crippen molar-refractivity contribution in [1.82, 2.24) is 14.9 Å². The highest BCUT2D eigenvalue weighted by molar-refractivity contribution is 5.52. The van der Waals surface area contributed by atoms with Crippen LogP contribution in [0.15, 0.2) is 12.4 Å². The molecule has 0 unspecified atom stereocenters. The first-order valence-corrected chi connectivity index (χ1v) is 6.38. The van der Waals surface area contributed by atoms with E-state index in [-0.39, 0.29) is 0 Å². The van der Waals surface area contributed by atoms with E-state index in [1.807, 2.05) is 6.07 Å². The molecule has 3 rings (SSSR count). The third kappa shape index (κ3) is 2.52. The molecule has 1 aromatic heterocycles. The van der Waals surface area contributed by atoms with E-state index < -0.39 is 0 Å². The lowest BCUT2D eigenvalue weighted by atomic mass is 10.3. The molecular formula is C12H17N5O. The molecule has 1 aliphatic heterocycles. The van der Waals surface area contributed by atoms with Gasteiger partial charge < -0.3 is 15.1 Å². The van der Waals surface area contributed by atoms with E-state index in [0.717, 1.165) is 44.2 Å². The van der Waals surface area contributed by atoms with Crippen LogP contribution in [0.4, 0.5) is 11.6 Å². The summed E-state index contributed by atoms with van der Waals surface area (Å²) in [4.78, 5) is 23.2. The smallest absolute Gasteiger partial charge is 0.209 e. The van der Waals surface area contributed by atoms with Gasteiger partial charge >= 0.3 is 0 Å². The van der Waals surface area contributed by atoms with E-state index in [1.54, 1.807) is 11.2 Å². The maximum absolute atomic E-state index is 10.7. The van der Waals surface area contributed by atoms with Gasteiger partial charge in [-0.15, -0.1) is 0 Å². The molecule has 0 atom stereocenters. The molecule has 6 nitrogen and oxygen atoms in total. The number of piperazine rings is 1. The van der Waals surface area contributed by atoms with Crippen LogP contribution >= 0.6 is 0 Å². The highest BCUT2D eigenvalue weighted by Gasteiger charge is 2.22. The van der Waals surface area contributed by atoms with Gasteiger partial charge in [-0.05, 0) is 12.8 Å². The molecule has 0 spiro atoms. The predicted molar refractivity (Wildman–Crippen MR) is 68.5 cm³/mol. The van der Waals surface area contributed by atoms with Gasteiger partial charge in [0.25, 0.3) is 0 Å². The normalized spacial score (nSPS) is 19.8. The number of hydrogen-bond donors (Lipinski definition) is 1. The second-order valence-electron chi connectivity index (χ2n) is 4.81. The molecule has 1 saturated heterocycles. The van der Waals surface area contributed by atoms with Crippen LogP contribution in [0.1, 0.15) is 12.8 Å². The summed E-state index contributed by atoms with van der Waals surface area (Å²) in [5.74, 6) is 1.85. The van der Waals surface area contributed by atoms with Gasteiger partial charge in [-0.3, -0.25) is 4.79 Å². The van der Waals surface area contributed by atoms with Crippen LogP contribution in [-0.4, -0.2) is 53.5 Å². The molecule has 1 saturated carbocycles. The summed E-state index contributed by atoms with van der Waals surface area (Å²) in [5.41, 5.74) is 0. The number of nitrogens with one attached hydrogen (secondary N) is 1. The SMILES string of the molecule is O=CN1CCN(c2cc(NC3CC3)ncn2)CC1. The number of carbonyl (C=O) groups excluding carboxylic acids is 1. The van der Waals surface area contributed by atoms with Crippen molar-refractivity contribution in [2.75, 3.05) is 36.4 Å². The monoisotopic (exact) mass is 247 g/mol. The number of carbonyl (C=O) groups is 1. The quantitative estimate of drug-likeness (QED) is 0.777. The topological polar surface area (TPSA) is 61.4 Å². The van der Waals surface area contributed by atoms with Crippen molar-refractivity contribution in [2.45, 2.75) is 18.9 Å². The zero-order valence-corrected chi connectivity index (χ0v) is 10.2. The minimum Gasteiger partial charge on any atom is -0.367 e. The van der Waals surface area contributed by atoms with Crippen LogP contribution in [0.3, 0.4) is 0 Å². The second-order valence-corrected chi connectivity index (χ2v) is 4.81. The molecule has 0 radical (unpaired) electrons. The molecule has 0 bridgehead atoms. The summed E-state index contributed by atoms with van der Waals surface area (Å²) in [6.45, 7) is 3.19. The lowest BCUT2D eigenvalue weighted by molar-refractivity contribution is -0.118. The van der Waals surface area contributed by atoms with E-state index in [1.165, 1.54) is 12.8 Å². The Morgan fingerprint density at radius 2 is 2.00 bits per heavy atom. The number of amides is 1. The Morgan fingerprint density at radius 3 is 2.67 bits per heavy atom. The molecule has 1 aromatic rings. The zero-order chi connectivity index (χ0) is 12.4. The minimum atomic E-state index is 0.597. The van der Waals surface area contributed by atoms with Gasteiger partial charge in [0, 0.05) is 38.3 Å². The Labute approximate surface area is 106 Å². The van der Waals surface area contributed by atoms with Crippen LogP contribution in [0.2, 0.25) is 0 Å². The average molecular weight is 247 g/mol. The first kappa shape index (κ1) is 11.3. The van der Waals surface area contributed by atoms with Crippen LogP contribution in [-0.2, 0) is 4.79 Å². The fourth-order valence-electron chi connectivity index (χ4n) is 2.09. The molecule has 2 aliphatic rings. The van der Waals surface area contributed by atoms with Crippen molar-refractivity contribution < 1.29 is 4.79 Å². The van der Waals surface area contributed by atoms with Crippen molar-refractivity contribution in [3.8, 4) is 0 Å².